The summed E-state index contributed by atoms with van der Waals surface area (Å²) in [4.78, 5) is 23.3. The first-order valence-electron chi connectivity index (χ1n) is 11.1. The number of carbonyl (C=O) groups is 1. The molecular formula is C24H31N3O4S3. The zero-order valence-electron chi connectivity index (χ0n) is 20.0. The first-order valence-corrected chi connectivity index (χ1v) is 14.8. The third-order valence-electron chi connectivity index (χ3n) is 5.49. The number of thiazole rings is 1. The van der Waals surface area contributed by atoms with Crippen LogP contribution < -0.4 is 9.64 Å². The maximum absolute atomic E-state index is 13.3. The summed E-state index contributed by atoms with van der Waals surface area (Å²) in [6, 6.07) is 12.7. The minimum absolute atomic E-state index is 0.00978. The molecule has 0 fully saturated rings. The molecule has 0 N–H and O–H groups in total. The Kier molecular flexibility index (Phi) is 9.35. The highest BCUT2D eigenvalue weighted by Gasteiger charge is 2.21. The lowest BCUT2D eigenvalue weighted by Crippen LogP contribution is -2.39. The van der Waals surface area contributed by atoms with Crippen LogP contribution in [0.1, 0.15) is 20.3 Å². The lowest BCUT2D eigenvalue weighted by molar-refractivity contribution is -0.118. The van der Waals surface area contributed by atoms with Gasteiger partial charge in [0.1, 0.15) is 5.75 Å². The first-order chi connectivity index (χ1) is 16.2. The van der Waals surface area contributed by atoms with Crippen LogP contribution in [0.3, 0.4) is 0 Å². The summed E-state index contributed by atoms with van der Waals surface area (Å²) in [6.45, 7) is 7.30. The Hall–Kier alpha value is -2.14. The highest BCUT2D eigenvalue weighted by atomic mass is 32.2. The molecule has 0 unspecified atom stereocenters. The van der Waals surface area contributed by atoms with Gasteiger partial charge in [0.05, 0.1) is 22.2 Å². The third kappa shape index (κ3) is 6.94. The van der Waals surface area contributed by atoms with E-state index in [1.807, 2.05) is 24.3 Å². The van der Waals surface area contributed by atoms with Crippen LogP contribution in [0, 0.1) is 0 Å². The predicted octanol–water partition coefficient (Wildman–Crippen LogP) is 4.57. The fourth-order valence-electron chi connectivity index (χ4n) is 3.41. The fourth-order valence-corrected chi connectivity index (χ4v) is 6.02. The Morgan fingerprint density at radius 1 is 1.09 bits per heavy atom. The molecule has 1 amide bonds. The van der Waals surface area contributed by atoms with E-state index in [4.69, 9.17) is 4.74 Å². The summed E-state index contributed by atoms with van der Waals surface area (Å²) >= 11 is 2.98. The number of likely N-dealkylation sites (N-methyl/N-ethyl adjacent to an activating group) is 1. The van der Waals surface area contributed by atoms with Gasteiger partial charge in [-0.2, -0.15) is 0 Å². The summed E-state index contributed by atoms with van der Waals surface area (Å²) in [5.41, 5.74) is 0.695. The van der Waals surface area contributed by atoms with Crippen molar-refractivity contribution in [3.8, 4) is 5.75 Å². The SMILES string of the molecule is CCN(CC)CCN(C(=O)CCSc1ccc(OC)cc1)c1nc2ccc(S(C)(=O)=O)cc2s1. The molecule has 0 aliphatic heterocycles. The molecule has 3 rings (SSSR count). The Balaban J connectivity index is 1.77. The molecule has 34 heavy (non-hydrogen) atoms. The Labute approximate surface area is 210 Å². The molecular weight excluding hydrogens is 490 g/mol. The van der Waals surface area contributed by atoms with E-state index < -0.39 is 9.84 Å². The van der Waals surface area contributed by atoms with Crippen LogP contribution in [0.4, 0.5) is 5.13 Å². The van der Waals surface area contributed by atoms with Crippen LogP contribution in [0.5, 0.6) is 5.75 Å². The van der Waals surface area contributed by atoms with E-state index in [1.165, 1.54) is 17.6 Å². The summed E-state index contributed by atoms with van der Waals surface area (Å²) in [5, 5.41) is 0.604. The average molecular weight is 522 g/mol. The number of nitrogens with zero attached hydrogens (tertiary/aromatic N) is 3. The number of amides is 1. The molecule has 0 spiro atoms. The van der Waals surface area contributed by atoms with Gasteiger partial charge in [-0.25, -0.2) is 13.4 Å². The number of methoxy groups -OCH3 is 1. The molecule has 0 aliphatic carbocycles. The second-order valence-corrected chi connectivity index (χ2v) is 11.9. The lowest BCUT2D eigenvalue weighted by atomic mass is 10.3. The van der Waals surface area contributed by atoms with Crippen molar-refractivity contribution >= 4 is 54.2 Å². The predicted molar refractivity (Wildman–Crippen MR) is 141 cm³/mol. The van der Waals surface area contributed by atoms with Crippen molar-refractivity contribution in [2.75, 3.05) is 50.2 Å². The van der Waals surface area contributed by atoms with Crippen LogP contribution in [-0.4, -0.2) is 69.5 Å². The van der Waals surface area contributed by atoms with Crippen molar-refractivity contribution in [3.05, 3.63) is 42.5 Å². The minimum atomic E-state index is -3.31. The molecule has 1 aromatic heterocycles. The van der Waals surface area contributed by atoms with Crippen LogP contribution in [0.25, 0.3) is 10.2 Å². The molecule has 2 aromatic carbocycles. The Morgan fingerprint density at radius 3 is 2.41 bits per heavy atom. The van der Waals surface area contributed by atoms with E-state index in [2.05, 4.69) is 23.7 Å². The fraction of sp³-hybridized carbons (Fsp3) is 0.417. The van der Waals surface area contributed by atoms with Gasteiger partial charge in [-0.05, 0) is 55.6 Å². The number of benzene rings is 2. The van der Waals surface area contributed by atoms with E-state index in [0.29, 0.717) is 29.4 Å². The monoisotopic (exact) mass is 521 g/mol. The maximum Gasteiger partial charge on any atom is 0.229 e. The van der Waals surface area contributed by atoms with Gasteiger partial charge in [-0.1, -0.05) is 25.2 Å². The molecule has 3 aromatic rings. The molecule has 184 valence electrons. The Bertz CT molecular complexity index is 1210. The molecule has 0 aliphatic rings. The molecule has 0 radical (unpaired) electrons. The summed E-state index contributed by atoms with van der Waals surface area (Å²) in [7, 11) is -1.68. The highest BCUT2D eigenvalue weighted by Crippen LogP contribution is 2.31. The average Bonchev–Trinajstić information content (AvgIpc) is 3.24. The van der Waals surface area contributed by atoms with Gasteiger partial charge in [0.2, 0.25) is 5.91 Å². The standard InChI is InChI=1S/C24H31N3O4S3/c1-5-26(6-2)14-15-27(23(28)13-16-32-19-9-7-18(31-3)8-10-19)24-25-21-12-11-20(34(4,29)30)17-22(21)33-24/h7-12,17H,5-6,13-16H2,1-4H3. The minimum Gasteiger partial charge on any atom is -0.497 e. The van der Waals surface area contributed by atoms with Gasteiger partial charge in [-0.15, -0.1) is 11.8 Å². The maximum atomic E-state index is 13.3. The zero-order valence-corrected chi connectivity index (χ0v) is 22.4. The smallest absolute Gasteiger partial charge is 0.229 e. The molecule has 0 saturated carbocycles. The second kappa shape index (κ2) is 12.0. The molecule has 0 saturated heterocycles. The van der Waals surface area contributed by atoms with Crippen LogP contribution in [-0.2, 0) is 14.6 Å². The topological polar surface area (TPSA) is 79.8 Å². The number of fused-ring (bicyclic) bond motifs is 1. The number of ether oxygens (including phenoxy) is 1. The van der Waals surface area contributed by atoms with E-state index in [0.717, 1.165) is 35.0 Å². The summed E-state index contributed by atoms with van der Waals surface area (Å²) in [6.07, 6.45) is 1.57. The van der Waals surface area contributed by atoms with Crippen LogP contribution >= 0.6 is 23.1 Å². The summed E-state index contributed by atoms with van der Waals surface area (Å²) < 4.78 is 29.8. The van der Waals surface area contributed by atoms with E-state index in [1.54, 1.807) is 42.0 Å². The number of thioether (sulfide) groups is 1. The number of carbonyl (C=O) groups excluding carboxylic acids is 1. The lowest BCUT2D eigenvalue weighted by Gasteiger charge is -2.24. The third-order valence-corrected chi connectivity index (χ3v) is 8.65. The number of anilines is 1. The molecule has 0 atom stereocenters. The van der Waals surface area contributed by atoms with Crippen LogP contribution in [0.15, 0.2) is 52.3 Å². The highest BCUT2D eigenvalue weighted by molar-refractivity contribution is 7.99. The van der Waals surface area contributed by atoms with Crippen molar-refractivity contribution in [1.29, 1.82) is 0 Å². The van der Waals surface area contributed by atoms with Gasteiger partial charge >= 0.3 is 0 Å². The molecule has 1 heterocycles. The number of aromatic nitrogens is 1. The number of hydrogen-bond acceptors (Lipinski definition) is 8. The number of rotatable bonds is 12. The quantitative estimate of drug-likeness (QED) is 0.323. The van der Waals surface area contributed by atoms with Crippen molar-refractivity contribution in [1.82, 2.24) is 9.88 Å². The van der Waals surface area contributed by atoms with Gasteiger partial charge in [0, 0.05) is 36.4 Å². The van der Waals surface area contributed by atoms with E-state index >= 15 is 0 Å². The first kappa shape index (κ1) is 26.5. The number of hydrogen-bond donors (Lipinski definition) is 0. The van der Waals surface area contributed by atoms with Crippen molar-refractivity contribution in [3.63, 3.8) is 0 Å². The van der Waals surface area contributed by atoms with Crippen LogP contribution in [0.2, 0.25) is 0 Å². The summed E-state index contributed by atoms with van der Waals surface area (Å²) in [5.74, 6) is 1.46. The molecule has 7 nitrogen and oxygen atoms in total. The van der Waals surface area contributed by atoms with Gasteiger partial charge < -0.3 is 9.64 Å². The van der Waals surface area contributed by atoms with Gasteiger partial charge in [0.15, 0.2) is 15.0 Å². The molecule has 0 bridgehead atoms. The Morgan fingerprint density at radius 2 is 1.79 bits per heavy atom. The number of sulfone groups is 1. The van der Waals surface area contributed by atoms with E-state index in [-0.39, 0.29) is 10.8 Å². The van der Waals surface area contributed by atoms with E-state index in [9.17, 15) is 13.2 Å². The van der Waals surface area contributed by atoms with Crippen molar-refractivity contribution in [2.24, 2.45) is 0 Å². The molecule has 10 heteroatoms. The van der Waals surface area contributed by atoms with Crippen molar-refractivity contribution < 1.29 is 17.9 Å². The van der Waals surface area contributed by atoms with Gasteiger partial charge in [-0.3, -0.25) is 9.69 Å². The largest absolute Gasteiger partial charge is 0.497 e. The zero-order chi connectivity index (χ0) is 24.7. The normalized spacial score (nSPS) is 11.8. The second-order valence-electron chi connectivity index (χ2n) is 7.74. The van der Waals surface area contributed by atoms with Gasteiger partial charge in [0.25, 0.3) is 0 Å². The van der Waals surface area contributed by atoms with Crippen molar-refractivity contribution in [2.45, 2.75) is 30.1 Å².